The lowest BCUT2D eigenvalue weighted by Gasteiger charge is -2.15. The van der Waals surface area contributed by atoms with E-state index in [1.807, 2.05) is 0 Å². The van der Waals surface area contributed by atoms with Crippen LogP contribution < -0.4 is 9.83 Å². The number of nitrogens with zero attached hydrogens (tertiary/aromatic N) is 1. The number of hydrogen-bond donors (Lipinski definition) is 1. The van der Waals surface area contributed by atoms with Crippen molar-refractivity contribution in [2.75, 3.05) is 17.9 Å². The predicted octanol–water partition coefficient (Wildman–Crippen LogP) is 2.42. The number of ether oxygens (including phenoxy) is 2. The van der Waals surface area contributed by atoms with Crippen LogP contribution in [0.2, 0.25) is 0 Å². The van der Waals surface area contributed by atoms with Crippen LogP contribution in [-0.2, 0) is 24.3 Å². The Kier molecular flexibility index (Phi) is 7.59. The molecule has 10 heteroatoms. The maximum Gasteiger partial charge on any atom is 0.341 e. The van der Waals surface area contributed by atoms with Crippen LogP contribution in [0.4, 0.5) is 11.4 Å². The summed E-state index contributed by atoms with van der Waals surface area (Å²) in [5.74, 6) is -1.75. The molecule has 8 nitrogen and oxygen atoms in total. The van der Waals surface area contributed by atoms with Gasteiger partial charge in [0.25, 0.3) is 10.0 Å². The van der Waals surface area contributed by atoms with E-state index in [1.165, 1.54) is 18.2 Å². The van der Waals surface area contributed by atoms with Crippen molar-refractivity contribution in [3.63, 3.8) is 0 Å². The van der Waals surface area contributed by atoms with E-state index in [0.29, 0.717) is 0 Å². The SMILES string of the molecule is CCOC(=O)/C(C=Nc1ccccc1NS(=O)(=O)c1cccs1)=C(/[O-])OCC. The summed E-state index contributed by atoms with van der Waals surface area (Å²) in [6.45, 7) is 3.36. The Labute approximate surface area is 167 Å². The van der Waals surface area contributed by atoms with Gasteiger partial charge in [-0.25, -0.2) is 13.2 Å². The Balaban J connectivity index is 2.35. The first-order valence-corrected chi connectivity index (χ1v) is 10.7. The molecule has 0 aliphatic heterocycles. The fourth-order valence-electron chi connectivity index (χ4n) is 2.02. The molecule has 2 aromatic rings. The molecule has 0 radical (unpaired) electrons. The summed E-state index contributed by atoms with van der Waals surface area (Å²) in [5, 5.41) is 13.6. The van der Waals surface area contributed by atoms with Crippen molar-refractivity contribution in [3.8, 4) is 0 Å². The van der Waals surface area contributed by atoms with Gasteiger partial charge in [0.15, 0.2) is 0 Å². The van der Waals surface area contributed by atoms with Gasteiger partial charge in [-0.15, -0.1) is 11.3 Å². The van der Waals surface area contributed by atoms with E-state index in [0.717, 1.165) is 17.6 Å². The van der Waals surface area contributed by atoms with Gasteiger partial charge in [-0.05, 0) is 37.1 Å². The lowest BCUT2D eigenvalue weighted by Crippen LogP contribution is -2.19. The lowest BCUT2D eigenvalue weighted by molar-refractivity contribution is -0.357. The van der Waals surface area contributed by atoms with Crippen molar-refractivity contribution >= 4 is 44.9 Å². The van der Waals surface area contributed by atoms with Crippen LogP contribution in [0.25, 0.3) is 0 Å². The number of carbonyl (C=O) groups excluding carboxylic acids is 1. The number of thiophene rings is 1. The average Bonchev–Trinajstić information content (AvgIpc) is 3.19. The van der Waals surface area contributed by atoms with Crippen LogP contribution in [0.5, 0.6) is 0 Å². The van der Waals surface area contributed by atoms with E-state index in [1.54, 1.807) is 37.4 Å². The van der Waals surface area contributed by atoms with E-state index >= 15 is 0 Å². The number of rotatable bonds is 9. The highest BCUT2D eigenvalue weighted by Crippen LogP contribution is 2.28. The van der Waals surface area contributed by atoms with Gasteiger partial charge in [0, 0.05) is 6.21 Å². The molecule has 0 atom stereocenters. The Hall–Kier alpha value is -2.85. The highest BCUT2D eigenvalue weighted by molar-refractivity contribution is 7.94. The Morgan fingerprint density at radius 2 is 1.89 bits per heavy atom. The van der Waals surface area contributed by atoms with E-state index in [2.05, 4.69) is 9.71 Å². The normalized spacial score (nSPS) is 12.5. The molecule has 1 aromatic carbocycles. The third-order valence-corrected chi connectivity index (χ3v) is 5.99. The fraction of sp³-hybridized carbons (Fsp3) is 0.222. The van der Waals surface area contributed by atoms with E-state index in [9.17, 15) is 18.3 Å². The van der Waals surface area contributed by atoms with Gasteiger partial charge in [0.2, 0.25) is 0 Å². The number of hydrogen-bond acceptors (Lipinski definition) is 8. The second-order valence-corrected chi connectivity index (χ2v) is 8.02. The number of aliphatic imine (C=N–C) groups is 1. The molecule has 0 unspecified atom stereocenters. The molecule has 0 fully saturated rings. The first kappa shape index (κ1) is 21.5. The first-order valence-electron chi connectivity index (χ1n) is 8.29. The molecular formula is C18H19N2O6S2-. The largest absolute Gasteiger partial charge is 0.613 e. The number of esters is 1. The molecular weight excluding hydrogens is 404 g/mol. The first-order chi connectivity index (χ1) is 13.4. The summed E-state index contributed by atoms with van der Waals surface area (Å²) < 4.78 is 37.1. The van der Waals surface area contributed by atoms with E-state index < -0.39 is 21.9 Å². The van der Waals surface area contributed by atoms with Gasteiger partial charge in [0.1, 0.15) is 4.21 Å². The van der Waals surface area contributed by atoms with Gasteiger partial charge in [-0.1, -0.05) is 25.1 Å². The van der Waals surface area contributed by atoms with Crippen molar-refractivity contribution in [3.05, 3.63) is 53.3 Å². The third kappa shape index (κ3) is 5.57. The van der Waals surface area contributed by atoms with Crippen LogP contribution in [0, 0.1) is 0 Å². The van der Waals surface area contributed by atoms with Crippen molar-refractivity contribution in [2.45, 2.75) is 18.1 Å². The molecule has 28 heavy (non-hydrogen) atoms. The number of para-hydroxylation sites is 2. The molecule has 150 valence electrons. The third-order valence-electron chi connectivity index (χ3n) is 3.23. The molecule has 0 aliphatic carbocycles. The van der Waals surface area contributed by atoms with Crippen LogP contribution in [0.15, 0.2) is 62.5 Å². The highest BCUT2D eigenvalue weighted by atomic mass is 32.2. The highest BCUT2D eigenvalue weighted by Gasteiger charge is 2.17. The number of sulfonamides is 1. The minimum absolute atomic E-state index is 0.0762. The predicted molar refractivity (Wildman–Crippen MR) is 105 cm³/mol. The molecule has 0 spiro atoms. The lowest BCUT2D eigenvalue weighted by atomic mass is 10.2. The zero-order valence-electron chi connectivity index (χ0n) is 15.2. The monoisotopic (exact) mass is 423 g/mol. The van der Waals surface area contributed by atoms with E-state index in [4.69, 9.17) is 9.47 Å². The van der Waals surface area contributed by atoms with Gasteiger partial charge < -0.3 is 14.6 Å². The summed E-state index contributed by atoms with van der Waals surface area (Å²) in [5.41, 5.74) is 0.0209. The van der Waals surface area contributed by atoms with Gasteiger partial charge in [-0.2, -0.15) is 0 Å². The maximum absolute atomic E-state index is 12.4. The zero-order valence-corrected chi connectivity index (χ0v) is 16.9. The van der Waals surface area contributed by atoms with Gasteiger partial charge in [0.05, 0.1) is 29.5 Å². The number of benzene rings is 1. The Bertz CT molecular complexity index is 966. The topological polar surface area (TPSA) is 117 Å². The smallest absolute Gasteiger partial charge is 0.341 e. The molecule has 1 heterocycles. The quantitative estimate of drug-likeness (QED) is 0.286. The minimum atomic E-state index is -3.78. The Morgan fingerprint density at radius 1 is 1.18 bits per heavy atom. The fourth-order valence-corrected chi connectivity index (χ4v) is 4.09. The van der Waals surface area contributed by atoms with Crippen molar-refractivity contribution in [1.82, 2.24) is 0 Å². The number of nitrogens with one attached hydrogen (secondary N) is 1. The molecule has 0 bridgehead atoms. The molecule has 2 rings (SSSR count). The van der Waals surface area contributed by atoms with Gasteiger partial charge >= 0.3 is 5.97 Å². The van der Waals surface area contributed by atoms with Crippen molar-refractivity contribution in [2.24, 2.45) is 4.99 Å². The molecule has 0 amide bonds. The van der Waals surface area contributed by atoms with Crippen LogP contribution >= 0.6 is 11.3 Å². The standard InChI is InChI=1S/C18H20N2O6S2/c1-3-25-17(21)13(18(22)26-4-2)12-19-14-8-5-6-9-15(14)20-28(23,24)16-10-7-11-27-16/h5-12,20-21H,3-4H2,1-2H3/p-1/b17-13-,19-12?. The van der Waals surface area contributed by atoms with Gasteiger partial charge in [-0.3, -0.25) is 9.71 Å². The number of anilines is 1. The van der Waals surface area contributed by atoms with Crippen molar-refractivity contribution in [1.29, 1.82) is 0 Å². The second-order valence-electron chi connectivity index (χ2n) is 5.17. The van der Waals surface area contributed by atoms with Crippen LogP contribution in [0.3, 0.4) is 0 Å². The molecule has 0 saturated heterocycles. The maximum atomic E-state index is 12.4. The zero-order chi connectivity index (χ0) is 20.6. The van der Waals surface area contributed by atoms with Crippen LogP contribution in [0.1, 0.15) is 13.8 Å². The second kappa shape index (κ2) is 9.90. The number of carbonyl (C=O) groups is 1. The molecule has 0 aliphatic rings. The van der Waals surface area contributed by atoms with E-state index in [-0.39, 0.29) is 34.4 Å². The summed E-state index contributed by atoms with van der Waals surface area (Å²) >= 11 is 1.08. The average molecular weight is 423 g/mol. The van der Waals surface area contributed by atoms with Crippen molar-refractivity contribution < 1.29 is 27.8 Å². The Morgan fingerprint density at radius 3 is 2.54 bits per heavy atom. The molecule has 1 N–H and O–H groups in total. The summed E-state index contributed by atoms with van der Waals surface area (Å²) in [4.78, 5) is 16.1. The summed E-state index contributed by atoms with van der Waals surface area (Å²) in [6, 6.07) is 9.44. The molecule has 1 aromatic heterocycles. The summed E-state index contributed by atoms with van der Waals surface area (Å²) in [7, 11) is -3.78. The summed E-state index contributed by atoms with van der Waals surface area (Å²) in [6.07, 6.45) is 1.01. The molecule has 0 saturated carbocycles. The van der Waals surface area contributed by atoms with Crippen LogP contribution in [-0.4, -0.2) is 33.8 Å². The minimum Gasteiger partial charge on any atom is -0.613 e.